The van der Waals surface area contributed by atoms with Gasteiger partial charge in [-0.3, -0.25) is 9.69 Å². The zero-order valence-corrected chi connectivity index (χ0v) is 12.4. The Labute approximate surface area is 121 Å². The van der Waals surface area contributed by atoms with E-state index in [1.54, 1.807) is 0 Å². The lowest BCUT2D eigenvalue weighted by Crippen LogP contribution is -2.52. The average molecular weight is 276 g/mol. The third-order valence-electron chi connectivity index (χ3n) is 4.12. The number of hydrogen-bond donors (Lipinski definition) is 1. The summed E-state index contributed by atoms with van der Waals surface area (Å²) in [6.45, 7) is 5.68. The molecule has 2 rings (SSSR count). The summed E-state index contributed by atoms with van der Waals surface area (Å²) in [6, 6.07) is 7.91. The van der Waals surface area contributed by atoms with Crippen LogP contribution < -0.4 is 0 Å². The molecule has 110 valence electrons. The molecule has 1 aliphatic rings. The van der Waals surface area contributed by atoms with Crippen molar-refractivity contribution in [3.63, 3.8) is 0 Å². The van der Waals surface area contributed by atoms with Crippen LogP contribution in [0, 0.1) is 0 Å². The third kappa shape index (κ3) is 3.81. The van der Waals surface area contributed by atoms with Crippen LogP contribution in [-0.4, -0.2) is 60.1 Å². The standard InChI is InChI=1S/C16H24N2O2/c1-3-13-4-6-14(7-5-13)12-15(16(19)20)18-10-8-17(2)9-11-18/h4-7,15H,3,8-12H2,1-2H3,(H,19,20). The number of rotatable bonds is 5. The maximum absolute atomic E-state index is 11.6. The molecule has 1 unspecified atom stereocenters. The number of nitrogens with zero attached hydrogens (tertiary/aromatic N) is 2. The minimum absolute atomic E-state index is 0.406. The van der Waals surface area contributed by atoms with E-state index in [1.807, 2.05) is 0 Å². The number of hydrogen-bond acceptors (Lipinski definition) is 3. The Morgan fingerprint density at radius 1 is 1.15 bits per heavy atom. The Bertz CT molecular complexity index is 436. The van der Waals surface area contributed by atoms with Crippen LogP contribution >= 0.6 is 0 Å². The highest BCUT2D eigenvalue weighted by Gasteiger charge is 2.28. The van der Waals surface area contributed by atoms with E-state index in [0.29, 0.717) is 6.42 Å². The molecule has 0 spiro atoms. The summed E-state index contributed by atoms with van der Waals surface area (Å²) < 4.78 is 0. The van der Waals surface area contributed by atoms with Crippen molar-refractivity contribution in [3.05, 3.63) is 35.4 Å². The topological polar surface area (TPSA) is 43.8 Å². The Balaban J connectivity index is 2.03. The number of aliphatic carboxylic acids is 1. The van der Waals surface area contributed by atoms with Gasteiger partial charge in [0.05, 0.1) is 0 Å². The number of carboxylic acid groups (broad SMARTS) is 1. The van der Waals surface area contributed by atoms with E-state index in [1.165, 1.54) is 5.56 Å². The summed E-state index contributed by atoms with van der Waals surface area (Å²) in [5.74, 6) is -0.714. The first-order chi connectivity index (χ1) is 9.60. The maximum atomic E-state index is 11.6. The number of benzene rings is 1. The molecule has 0 aromatic heterocycles. The fraction of sp³-hybridized carbons (Fsp3) is 0.562. The second kappa shape index (κ2) is 6.86. The Hall–Kier alpha value is -1.39. The first kappa shape index (κ1) is 15.0. The molecule has 0 saturated carbocycles. The van der Waals surface area contributed by atoms with Crippen LogP contribution in [0.2, 0.25) is 0 Å². The Morgan fingerprint density at radius 2 is 1.70 bits per heavy atom. The van der Waals surface area contributed by atoms with Gasteiger partial charge in [0.25, 0.3) is 0 Å². The molecule has 0 bridgehead atoms. The van der Waals surface area contributed by atoms with Crippen molar-refractivity contribution in [3.8, 4) is 0 Å². The van der Waals surface area contributed by atoms with E-state index in [-0.39, 0.29) is 0 Å². The Morgan fingerprint density at radius 3 is 2.20 bits per heavy atom. The number of likely N-dealkylation sites (N-methyl/N-ethyl adjacent to an activating group) is 1. The molecule has 1 saturated heterocycles. The fourth-order valence-corrected chi connectivity index (χ4v) is 2.64. The molecule has 1 N–H and O–H groups in total. The number of carbonyl (C=O) groups is 1. The quantitative estimate of drug-likeness (QED) is 0.885. The molecule has 0 amide bonds. The zero-order chi connectivity index (χ0) is 14.5. The zero-order valence-electron chi connectivity index (χ0n) is 12.4. The van der Waals surface area contributed by atoms with Crippen molar-refractivity contribution in [2.24, 2.45) is 0 Å². The molecule has 1 aromatic rings. The number of piperazine rings is 1. The molecule has 4 nitrogen and oxygen atoms in total. The van der Waals surface area contributed by atoms with Gasteiger partial charge in [-0.2, -0.15) is 0 Å². The highest BCUT2D eigenvalue weighted by molar-refractivity contribution is 5.74. The van der Waals surface area contributed by atoms with Gasteiger partial charge in [-0.1, -0.05) is 31.2 Å². The normalized spacial score (nSPS) is 18.9. The predicted octanol–water partition coefficient (Wildman–Crippen LogP) is 1.49. The summed E-state index contributed by atoms with van der Waals surface area (Å²) in [4.78, 5) is 15.9. The molecule has 1 atom stereocenters. The highest BCUT2D eigenvalue weighted by Crippen LogP contribution is 2.13. The van der Waals surface area contributed by atoms with Gasteiger partial charge in [-0.15, -0.1) is 0 Å². The SMILES string of the molecule is CCc1ccc(CC(C(=O)O)N2CCN(C)CC2)cc1. The van der Waals surface area contributed by atoms with Crippen LogP contribution in [0.15, 0.2) is 24.3 Å². The average Bonchev–Trinajstić information content (AvgIpc) is 2.46. The van der Waals surface area contributed by atoms with E-state index in [4.69, 9.17) is 0 Å². The van der Waals surface area contributed by atoms with E-state index in [9.17, 15) is 9.90 Å². The molecule has 4 heteroatoms. The molecule has 0 radical (unpaired) electrons. The van der Waals surface area contributed by atoms with E-state index in [0.717, 1.165) is 38.2 Å². The lowest BCUT2D eigenvalue weighted by atomic mass is 10.0. The maximum Gasteiger partial charge on any atom is 0.321 e. The van der Waals surface area contributed by atoms with Crippen molar-refractivity contribution in [2.75, 3.05) is 33.2 Å². The second-order valence-electron chi connectivity index (χ2n) is 5.57. The third-order valence-corrected chi connectivity index (χ3v) is 4.12. The molecule has 1 heterocycles. The lowest BCUT2D eigenvalue weighted by molar-refractivity contribution is -0.144. The first-order valence-corrected chi connectivity index (χ1v) is 7.33. The molecular formula is C16H24N2O2. The lowest BCUT2D eigenvalue weighted by Gasteiger charge is -2.36. The van der Waals surface area contributed by atoms with E-state index < -0.39 is 12.0 Å². The smallest absolute Gasteiger partial charge is 0.321 e. The van der Waals surface area contributed by atoms with Gasteiger partial charge >= 0.3 is 5.97 Å². The van der Waals surface area contributed by atoms with Gasteiger partial charge in [0.2, 0.25) is 0 Å². The van der Waals surface area contributed by atoms with Gasteiger partial charge in [-0.25, -0.2) is 0 Å². The summed E-state index contributed by atoms with van der Waals surface area (Å²) in [7, 11) is 2.08. The summed E-state index contributed by atoms with van der Waals surface area (Å²) >= 11 is 0. The van der Waals surface area contributed by atoms with Crippen molar-refractivity contribution in [1.29, 1.82) is 0 Å². The van der Waals surface area contributed by atoms with Gasteiger partial charge in [0.15, 0.2) is 0 Å². The number of carboxylic acids is 1. The molecule has 1 aromatic carbocycles. The van der Waals surface area contributed by atoms with Crippen LogP contribution in [0.4, 0.5) is 0 Å². The monoisotopic (exact) mass is 276 g/mol. The Kier molecular flexibility index (Phi) is 5.15. The van der Waals surface area contributed by atoms with Crippen LogP contribution in [0.25, 0.3) is 0 Å². The van der Waals surface area contributed by atoms with Crippen molar-refractivity contribution < 1.29 is 9.90 Å². The van der Waals surface area contributed by atoms with Crippen molar-refractivity contribution >= 4 is 5.97 Å². The van der Waals surface area contributed by atoms with Crippen LogP contribution in [0.1, 0.15) is 18.1 Å². The minimum atomic E-state index is -0.714. The van der Waals surface area contributed by atoms with Crippen LogP contribution in [-0.2, 0) is 17.6 Å². The molecular weight excluding hydrogens is 252 g/mol. The van der Waals surface area contributed by atoms with Crippen molar-refractivity contribution in [1.82, 2.24) is 9.80 Å². The molecule has 1 aliphatic heterocycles. The van der Waals surface area contributed by atoms with E-state index in [2.05, 4.69) is 48.0 Å². The predicted molar refractivity (Wildman–Crippen MR) is 80.0 cm³/mol. The molecule has 0 aliphatic carbocycles. The van der Waals surface area contributed by atoms with E-state index >= 15 is 0 Å². The van der Waals surface area contributed by atoms with Crippen molar-refractivity contribution in [2.45, 2.75) is 25.8 Å². The summed E-state index contributed by atoms with van der Waals surface area (Å²) in [5.41, 5.74) is 2.40. The van der Waals surface area contributed by atoms with Gasteiger partial charge in [0, 0.05) is 26.2 Å². The van der Waals surface area contributed by atoms with Crippen LogP contribution in [0.5, 0.6) is 0 Å². The fourth-order valence-electron chi connectivity index (χ4n) is 2.64. The van der Waals surface area contributed by atoms with Crippen LogP contribution in [0.3, 0.4) is 0 Å². The second-order valence-corrected chi connectivity index (χ2v) is 5.57. The molecule has 20 heavy (non-hydrogen) atoms. The number of aryl methyl sites for hydroxylation is 1. The van der Waals surface area contributed by atoms with Gasteiger partial charge < -0.3 is 10.0 Å². The highest BCUT2D eigenvalue weighted by atomic mass is 16.4. The van der Waals surface area contributed by atoms with Gasteiger partial charge in [-0.05, 0) is 31.0 Å². The first-order valence-electron chi connectivity index (χ1n) is 7.33. The molecule has 1 fully saturated rings. The van der Waals surface area contributed by atoms with Gasteiger partial charge in [0.1, 0.15) is 6.04 Å². The largest absolute Gasteiger partial charge is 0.480 e. The summed E-state index contributed by atoms with van der Waals surface area (Å²) in [5, 5.41) is 9.50. The summed E-state index contributed by atoms with van der Waals surface area (Å²) in [6.07, 6.45) is 1.60. The minimum Gasteiger partial charge on any atom is -0.480 e.